The number of ether oxygens (including phenoxy) is 12. The number of aryl methyl sites for hydroxylation is 2. The number of halogens is 2. The van der Waals surface area contributed by atoms with Crippen molar-refractivity contribution >= 4 is 126 Å². The molecule has 0 amide bonds. The SMILES string of the molecule is CCCc1ccc(CCC(=O)OCC(O)COC(=O)c2ccc(C(=O)OCC(CO)OC(C)=O)cc2)o1.NCc1ccc(CN)o1.O=C(Cl)c1ccc(C(=O)Cl)cc1.O=C(O)c1ccc(C(=O)O)cc1.O=C1OCC(CO)O1.O=C1OCC(COC(=O)c2ccc(C(=O)OCC3COC(=O)O3)cc2)O1.PP.[3H][B]C. The fourth-order valence-electron chi connectivity index (χ4n) is 7.81. The van der Waals surface area contributed by atoms with Crippen molar-refractivity contribution in [2.45, 2.75) is 90.0 Å². The van der Waals surface area contributed by atoms with Gasteiger partial charge in [0.25, 0.3) is 10.5 Å². The van der Waals surface area contributed by atoms with Gasteiger partial charge in [-0.15, -0.1) is 17.9 Å². The highest BCUT2D eigenvalue weighted by molar-refractivity contribution is 7.92. The smallest absolute Gasteiger partial charge is 0.478 e. The van der Waals surface area contributed by atoms with Gasteiger partial charge in [0.2, 0.25) is 0 Å². The number of benzene rings is 4. The third-order valence-electron chi connectivity index (χ3n) is 13.1. The van der Waals surface area contributed by atoms with E-state index in [0.717, 1.165) is 30.1 Å². The van der Waals surface area contributed by atoms with E-state index in [0.29, 0.717) is 36.4 Å². The molecule has 34 nitrogen and oxygen atoms in total. The topological polar surface area (TPSA) is 512 Å². The summed E-state index contributed by atoms with van der Waals surface area (Å²) in [4.78, 5) is 144. The van der Waals surface area contributed by atoms with Crippen molar-refractivity contribution in [3.05, 3.63) is 189 Å². The first-order valence-corrected chi connectivity index (χ1v) is 35.2. The largest absolute Gasteiger partial charge is 0.508 e. The summed E-state index contributed by atoms with van der Waals surface area (Å²) in [5, 5.41) is 43.2. The number of aliphatic hydroxyl groups is 3. The van der Waals surface area contributed by atoms with Crippen molar-refractivity contribution in [3.8, 4) is 0 Å². The Labute approximate surface area is 634 Å². The number of carbonyl (C=O) groups excluding carboxylic acids is 11. The molecule has 3 saturated heterocycles. The second-order valence-electron chi connectivity index (χ2n) is 21.1. The zero-order valence-corrected chi connectivity index (χ0v) is 62.0. The van der Waals surface area contributed by atoms with Crippen LogP contribution in [0.1, 0.15) is 133 Å². The van der Waals surface area contributed by atoms with Gasteiger partial charge in [0.05, 0.1) is 73.9 Å². The monoisotopic (exact) mass is 1590 g/mol. The maximum Gasteiger partial charge on any atom is 0.508 e. The number of carbonyl (C=O) groups is 13. The number of rotatable bonds is 28. The highest BCUT2D eigenvalue weighted by Crippen LogP contribution is 2.17. The molecule has 9 rings (SSSR count). The Bertz CT molecular complexity index is 3650. The lowest BCUT2D eigenvalue weighted by molar-refractivity contribution is -0.151. The van der Waals surface area contributed by atoms with Crippen LogP contribution in [-0.2, 0) is 92.4 Å². The second-order valence-corrected chi connectivity index (χ2v) is 21.8. The Morgan fingerprint density at radius 1 is 0.519 bits per heavy atom. The van der Waals surface area contributed by atoms with Gasteiger partial charge < -0.3 is 103 Å². The summed E-state index contributed by atoms with van der Waals surface area (Å²) in [6.45, 7) is 4.01. The highest BCUT2D eigenvalue weighted by Gasteiger charge is 2.29. The number of aliphatic hydroxyl groups excluding tert-OH is 3. The molecule has 0 saturated carbocycles. The van der Waals surface area contributed by atoms with Crippen LogP contribution < -0.4 is 11.5 Å². The summed E-state index contributed by atoms with van der Waals surface area (Å²) in [5.41, 5.74) is 12.1. The van der Waals surface area contributed by atoms with Crippen LogP contribution in [0.25, 0.3) is 0 Å². The van der Waals surface area contributed by atoms with Gasteiger partial charge in [-0.1, -0.05) is 13.7 Å². The van der Waals surface area contributed by atoms with Crippen LogP contribution in [0.3, 0.4) is 0 Å². The van der Waals surface area contributed by atoms with Crippen molar-refractivity contribution in [1.29, 1.82) is 1.34 Å². The number of carboxylic acids is 2. The van der Waals surface area contributed by atoms with Crippen LogP contribution in [0.4, 0.5) is 14.4 Å². The third-order valence-corrected chi connectivity index (χ3v) is 13.5. The maximum atomic E-state index is 12.2. The Kier molecular flexibility index (Phi) is 44.7. The molecule has 0 aliphatic carbocycles. The summed E-state index contributed by atoms with van der Waals surface area (Å²) in [6, 6.07) is 29.1. The lowest BCUT2D eigenvalue weighted by Gasteiger charge is -2.14. The predicted octanol–water partition coefficient (Wildman–Crippen LogP) is 6.90. The number of hydrogen-bond acceptors (Lipinski definition) is 32. The molecular formula is C69H80BCl2N2O32P2. The Morgan fingerprint density at radius 2 is 0.843 bits per heavy atom. The van der Waals surface area contributed by atoms with Gasteiger partial charge in [-0.3, -0.25) is 19.2 Å². The second kappa shape index (κ2) is 52.6. The molecule has 1 radical (unpaired) electrons. The first kappa shape index (κ1) is 91.9. The summed E-state index contributed by atoms with van der Waals surface area (Å²) >= 11 is 10.4. The quantitative estimate of drug-likeness (QED) is 0.00862. The first-order chi connectivity index (χ1) is 52.0. The van der Waals surface area contributed by atoms with E-state index in [9.17, 15) is 67.4 Å². The molecule has 0 spiro atoms. The number of furan rings is 2. The van der Waals surface area contributed by atoms with Gasteiger partial charge in [0.15, 0.2) is 24.4 Å². The lowest BCUT2D eigenvalue weighted by Crippen LogP contribution is -2.27. The molecule has 5 heterocycles. The zero-order chi connectivity index (χ0) is 81.4. The maximum absolute atomic E-state index is 12.2. The van der Waals surface area contributed by atoms with Crippen LogP contribution in [0.2, 0.25) is 6.82 Å². The average Bonchev–Trinajstić information content (AvgIpc) is 1.76. The number of carboxylic acid groups (broad SMARTS) is 2. The lowest BCUT2D eigenvalue weighted by atomic mass is 10.1. The normalized spacial score (nSPS) is 14.5. The summed E-state index contributed by atoms with van der Waals surface area (Å²) in [7, 11) is 5.92. The third kappa shape index (κ3) is 37.3. The predicted molar refractivity (Wildman–Crippen MR) is 384 cm³/mol. The van der Waals surface area contributed by atoms with E-state index in [1.807, 2.05) is 31.2 Å². The highest BCUT2D eigenvalue weighted by atomic mass is 35.5. The van der Waals surface area contributed by atoms with Gasteiger partial charge in [-0.25, -0.2) is 43.2 Å². The molecule has 3 aliphatic heterocycles. The number of aromatic carboxylic acids is 2. The van der Waals surface area contributed by atoms with Crippen molar-refractivity contribution in [2.24, 2.45) is 11.5 Å². The summed E-state index contributed by atoms with van der Waals surface area (Å²) in [6.07, 6.45) is -3.91. The van der Waals surface area contributed by atoms with Crippen molar-refractivity contribution in [3.63, 3.8) is 0 Å². The molecule has 7 atom stereocenters. The molecule has 4 aromatic carbocycles. The molecular weight excluding hydrogens is 1510 g/mol. The van der Waals surface area contributed by atoms with Crippen LogP contribution in [0, 0.1) is 0 Å². The van der Waals surface area contributed by atoms with Crippen molar-refractivity contribution < 1.29 is 154 Å². The molecule has 108 heavy (non-hydrogen) atoms. The molecule has 39 heteroatoms. The van der Waals surface area contributed by atoms with Gasteiger partial charge in [0, 0.05) is 30.9 Å². The Hall–Kier alpha value is -10.3. The molecule has 3 fully saturated rings. The van der Waals surface area contributed by atoms with Gasteiger partial charge in [-0.05, 0) is 152 Å². The standard InChI is InChI=1S/C26H32O11.C16H14O10.C8H4Cl2O2.C8H6O4.C6H10N2O.C4H6O4.CH4B.H4P2/c1-3-4-21-9-10-22(37-21)11-12-24(30)33-14-20(29)15-34-25(31)18-5-7-19(8-6-18)26(32)35-16-23(13-27)36-17(2)28;17-13(21-5-11-7-23-15(19)25-11)9-1-2-10(4-3-9)14(18)22-6-12-8-24-16(20)26-12;9-7(11)5-1-2-6(4-3-5)8(10)12;9-7(10)5-1-2-6(4-3-5)8(11)12;7-3-5-1-2-6(4-8)9-5;5-1-3-2-7-4(6)8-3;2*1-2/h5-10,20,23,27,29H,3-4,11-16H2,1-2H3;1-4,11-12H,5-8H2;1-4H;1-4H,(H,9,10)(H,11,12);1-2H,3-4,7-8H2;3,5H,1-2H2;2H,1H3;1-2H2/i;;;;;;2T;. The fraction of sp³-hybridized carbons (Fsp3) is 0.348. The number of hydrogen-bond donors (Lipinski definition) is 7. The van der Waals surface area contributed by atoms with Crippen LogP contribution in [0.5, 0.6) is 0 Å². The molecule has 3 aliphatic rings. The first-order valence-electron chi connectivity index (χ1n) is 32.4. The minimum Gasteiger partial charge on any atom is -0.478 e. The summed E-state index contributed by atoms with van der Waals surface area (Å²) < 4.78 is 74.0. The minimum atomic E-state index is -1.21. The van der Waals surface area contributed by atoms with E-state index in [1.54, 1.807) is 6.82 Å². The Morgan fingerprint density at radius 3 is 1.15 bits per heavy atom. The van der Waals surface area contributed by atoms with Gasteiger partial charge in [-0.2, -0.15) is 0 Å². The Balaban J connectivity index is 0.000000480. The number of esters is 6. The van der Waals surface area contributed by atoms with Gasteiger partial charge >= 0.3 is 66.2 Å². The van der Waals surface area contributed by atoms with E-state index >= 15 is 0 Å². The molecule has 2 aromatic heterocycles. The van der Waals surface area contributed by atoms with E-state index < -0.39 is 120 Å². The van der Waals surface area contributed by atoms with Crippen LogP contribution >= 0.6 is 41.1 Å². The number of nitrogens with two attached hydrogens (primary N) is 2. The van der Waals surface area contributed by atoms with E-state index in [4.69, 9.17) is 103 Å². The molecule has 7 unspecified atom stereocenters. The molecule has 6 aromatic rings. The fourth-order valence-corrected chi connectivity index (χ4v) is 8.06. The van der Waals surface area contributed by atoms with E-state index in [2.05, 4.69) is 36.8 Å². The molecule has 9 N–H and O–H groups in total. The van der Waals surface area contributed by atoms with Gasteiger partial charge in [0.1, 0.15) is 82.0 Å². The minimum absolute atomic E-state index is 0.0260. The summed E-state index contributed by atoms with van der Waals surface area (Å²) in [5.74, 6) is -2.89. The molecule has 585 valence electrons. The van der Waals surface area contributed by atoms with Crippen molar-refractivity contribution in [2.75, 3.05) is 66.1 Å². The number of cyclic esters (lactones) is 6. The van der Waals surface area contributed by atoms with E-state index in [1.165, 1.54) is 112 Å². The van der Waals surface area contributed by atoms with Crippen molar-refractivity contribution in [1.82, 2.24) is 0 Å². The average molecular weight is 1600 g/mol. The van der Waals surface area contributed by atoms with E-state index in [-0.39, 0.29) is 92.7 Å². The van der Waals surface area contributed by atoms with Crippen LogP contribution in [-0.4, -0.2) is 208 Å². The van der Waals surface area contributed by atoms with Crippen LogP contribution in [0.15, 0.2) is 130 Å². The zero-order valence-electron chi connectivity index (χ0n) is 59.1. The molecule has 0 bridgehead atoms.